The first-order valence-electron chi connectivity index (χ1n) is 7.01. The van der Waals surface area contributed by atoms with Gasteiger partial charge in [-0.2, -0.15) is 4.31 Å². The Kier molecular flexibility index (Phi) is 6.59. The number of hydrogen-bond acceptors (Lipinski definition) is 5. The third-order valence-corrected chi connectivity index (χ3v) is 6.80. The molecule has 1 heterocycles. The van der Waals surface area contributed by atoms with Crippen LogP contribution in [-0.2, 0) is 20.0 Å². The van der Waals surface area contributed by atoms with E-state index in [4.69, 9.17) is 10.9 Å². The average molecular weight is 384 g/mol. The number of hydrogen-bond donors (Lipinski definition) is 2. The fourth-order valence-corrected chi connectivity index (χ4v) is 5.05. The Labute approximate surface area is 143 Å². The van der Waals surface area contributed by atoms with E-state index in [1.165, 1.54) is 22.5 Å². The molecule has 0 amide bonds. The van der Waals surface area contributed by atoms with Crippen molar-refractivity contribution in [3.63, 3.8) is 0 Å². The van der Waals surface area contributed by atoms with Crippen LogP contribution in [0.15, 0.2) is 34.1 Å². The fourth-order valence-electron chi connectivity index (χ4n) is 2.71. The summed E-state index contributed by atoms with van der Waals surface area (Å²) in [5.74, 6) is 0.413. The molecule has 132 valence electrons. The minimum absolute atomic E-state index is 0. The lowest BCUT2D eigenvalue weighted by atomic mass is 9.94. The van der Waals surface area contributed by atoms with E-state index in [0.29, 0.717) is 18.9 Å². The molecule has 0 spiro atoms. The molecule has 2 rings (SSSR count). The second kappa shape index (κ2) is 7.45. The van der Waals surface area contributed by atoms with Crippen molar-refractivity contribution >= 4 is 32.5 Å². The van der Waals surface area contributed by atoms with Gasteiger partial charge in [0.2, 0.25) is 20.0 Å². The molecular weight excluding hydrogens is 362 g/mol. The molecule has 1 aliphatic rings. The summed E-state index contributed by atoms with van der Waals surface area (Å²) in [6.45, 7) is 2.68. The molecule has 23 heavy (non-hydrogen) atoms. The largest absolute Gasteiger partial charge is 0.329 e. The van der Waals surface area contributed by atoms with Gasteiger partial charge in [-0.15, -0.1) is 12.4 Å². The van der Waals surface area contributed by atoms with Gasteiger partial charge in [-0.25, -0.2) is 22.0 Å². The highest BCUT2D eigenvalue weighted by Gasteiger charge is 2.35. The maximum absolute atomic E-state index is 12.8. The van der Waals surface area contributed by atoms with Crippen molar-refractivity contribution < 1.29 is 16.8 Å². The number of nitrogens with zero attached hydrogens (tertiary/aromatic N) is 1. The standard InChI is InChI=1S/C13H21N3O4S2.ClH/c1-10-5-6-16(11(7-10)9-14)22(19,20)13-4-2-3-12(8-13)21(15,17)18;/h2-4,8,10-11H,5-7,9,14H2,1H3,(H2,15,17,18);1H. The van der Waals surface area contributed by atoms with Gasteiger partial charge in [0, 0.05) is 19.1 Å². The maximum atomic E-state index is 12.8. The van der Waals surface area contributed by atoms with Crippen molar-refractivity contribution in [2.45, 2.75) is 35.6 Å². The molecule has 4 N–H and O–H groups in total. The van der Waals surface area contributed by atoms with E-state index in [9.17, 15) is 16.8 Å². The molecule has 0 aliphatic carbocycles. The molecule has 2 atom stereocenters. The minimum Gasteiger partial charge on any atom is -0.329 e. The minimum atomic E-state index is -3.95. The van der Waals surface area contributed by atoms with Crippen LogP contribution in [0.3, 0.4) is 0 Å². The van der Waals surface area contributed by atoms with Crippen molar-refractivity contribution in [2.75, 3.05) is 13.1 Å². The Hall–Kier alpha value is -0.710. The topological polar surface area (TPSA) is 124 Å². The van der Waals surface area contributed by atoms with E-state index >= 15 is 0 Å². The van der Waals surface area contributed by atoms with Gasteiger partial charge in [0.15, 0.2) is 0 Å². The summed E-state index contributed by atoms with van der Waals surface area (Å²) in [4.78, 5) is -0.296. The van der Waals surface area contributed by atoms with Crippen LogP contribution in [0.4, 0.5) is 0 Å². The molecule has 0 saturated carbocycles. The van der Waals surface area contributed by atoms with Gasteiger partial charge in [-0.1, -0.05) is 13.0 Å². The molecule has 2 unspecified atom stereocenters. The van der Waals surface area contributed by atoms with Gasteiger partial charge < -0.3 is 5.73 Å². The molecule has 10 heteroatoms. The molecule has 1 aliphatic heterocycles. The van der Waals surface area contributed by atoms with Gasteiger partial charge in [-0.3, -0.25) is 0 Å². The average Bonchev–Trinajstić information content (AvgIpc) is 2.46. The van der Waals surface area contributed by atoms with Gasteiger partial charge >= 0.3 is 0 Å². The van der Waals surface area contributed by atoms with Crippen LogP contribution in [0.25, 0.3) is 0 Å². The first-order valence-corrected chi connectivity index (χ1v) is 9.99. The third-order valence-electron chi connectivity index (χ3n) is 3.94. The number of piperidine rings is 1. The monoisotopic (exact) mass is 383 g/mol. The van der Waals surface area contributed by atoms with E-state index in [-0.39, 0.29) is 34.8 Å². The van der Waals surface area contributed by atoms with Gasteiger partial charge in [0.1, 0.15) is 0 Å². The van der Waals surface area contributed by atoms with Gasteiger partial charge in [0.05, 0.1) is 9.79 Å². The molecule has 0 radical (unpaired) electrons. The second-order valence-corrected chi connectivity index (χ2v) is 9.11. The summed E-state index contributed by atoms with van der Waals surface area (Å²) in [6.07, 6.45) is 1.45. The summed E-state index contributed by atoms with van der Waals surface area (Å²) < 4.78 is 49.7. The Bertz CT molecular complexity index is 752. The summed E-state index contributed by atoms with van der Waals surface area (Å²) in [5, 5.41) is 5.06. The SMILES string of the molecule is CC1CCN(S(=O)(=O)c2cccc(S(N)(=O)=O)c2)C(CN)C1.Cl. The van der Waals surface area contributed by atoms with Crippen LogP contribution in [0.1, 0.15) is 19.8 Å². The summed E-state index contributed by atoms with van der Waals surface area (Å²) in [7, 11) is -7.75. The predicted molar refractivity (Wildman–Crippen MR) is 90.2 cm³/mol. The van der Waals surface area contributed by atoms with Crippen LogP contribution in [-0.4, -0.2) is 40.3 Å². The van der Waals surface area contributed by atoms with Gasteiger partial charge in [-0.05, 0) is 37.0 Å². The van der Waals surface area contributed by atoms with Crippen LogP contribution in [0.5, 0.6) is 0 Å². The van der Waals surface area contributed by atoms with Crippen LogP contribution in [0.2, 0.25) is 0 Å². The molecule has 1 fully saturated rings. The van der Waals surface area contributed by atoms with Crippen molar-refractivity contribution in [2.24, 2.45) is 16.8 Å². The van der Waals surface area contributed by atoms with Crippen molar-refractivity contribution in [3.05, 3.63) is 24.3 Å². The Balaban J connectivity index is 0.00000264. The quantitative estimate of drug-likeness (QED) is 0.783. The first-order chi connectivity index (χ1) is 10.2. The second-order valence-electron chi connectivity index (χ2n) is 5.65. The number of benzene rings is 1. The number of primary sulfonamides is 1. The molecule has 7 nitrogen and oxygen atoms in total. The lowest BCUT2D eigenvalue weighted by Crippen LogP contribution is -2.49. The highest BCUT2D eigenvalue weighted by atomic mass is 35.5. The molecule has 0 aromatic heterocycles. The first kappa shape index (κ1) is 20.3. The zero-order chi connectivity index (χ0) is 16.5. The molecule has 1 aromatic rings. The number of sulfonamides is 2. The van der Waals surface area contributed by atoms with E-state index < -0.39 is 20.0 Å². The van der Waals surface area contributed by atoms with E-state index in [0.717, 1.165) is 12.5 Å². The smallest absolute Gasteiger partial charge is 0.243 e. The van der Waals surface area contributed by atoms with E-state index in [2.05, 4.69) is 6.92 Å². The summed E-state index contributed by atoms with van der Waals surface area (Å²) in [5.41, 5.74) is 5.71. The lowest BCUT2D eigenvalue weighted by molar-refractivity contribution is 0.211. The molecule has 0 bridgehead atoms. The predicted octanol–water partition coefficient (Wildman–Crippen LogP) is 0.504. The van der Waals surface area contributed by atoms with Crippen molar-refractivity contribution in [3.8, 4) is 0 Å². The third kappa shape index (κ3) is 4.43. The van der Waals surface area contributed by atoms with Crippen molar-refractivity contribution in [1.29, 1.82) is 0 Å². The fraction of sp³-hybridized carbons (Fsp3) is 0.538. The van der Waals surface area contributed by atoms with Crippen LogP contribution in [0, 0.1) is 5.92 Å². The highest BCUT2D eigenvalue weighted by Crippen LogP contribution is 2.28. The molecule has 1 saturated heterocycles. The molecule has 1 aromatic carbocycles. The van der Waals surface area contributed by atoms with Crippen LogP contribution >= 0.6 is 12.4 Å². The normalized spacial score (nSPS) is 23.3. The van der Waals surface area contributed by atoms with Crippen molar-refractivity contribution in [1.82, 2.24) is 4.31 Å². The maximum Gasteiger partial charge on any atom is 0.243 e. The van der Waals surface area contributed by atoms with Gasteiger partial charge in [0.25, 0.3) is 0 Å². The summed E-state index contributed by atoms with van der Waals surface area (Å²) in [6, 6.07) is 4.84. The zero-order valence-electron chi connectivity index (χ0n) is 12.8. The number of rotatable bonds is 4. The van der Waals surface area contributed by atoms with E-state index in [1.807, 2.05) is 0 Å². The zero-order valence-corrected chi connectivity index (χ0v) is 15.2. The molecular formula is C13H22ClN3O4S2. The number of halogens is 1. The van der Waals surface area contributed by atoms with Crippen LogP contribution < -0.4 is 10.9 Å². The Morgan fingerprint density at radius 3 is 2.39 bits per heavy atom. The Morgan fingerprint density at radius 2 is 1.83 bits per heavy atom. The highest BCUT2D eigenvalue weighted by molar-refractivity contribution is 7.90. The lowest BCUT2D eigenvalue weighted by Gasteiger charge is -2.36. The Morgan fingerprint density at radius 1 is 1.22 bits per heavy atom. The number of nitrogens with two attached hydrogens (primary N) is 2. The summed E-state index contributed by atoms with van der Waals surface area (Å²) >= 11 is 0. The van der Waals surface area contributed by atoms with E-state index in [1.54, 1.807) is 0 Å².